The van der Waals surface area contributed by atoms with Gasteiger partial charge in [0.05, 0.1) is 0 Å². The Hall–Kier alpha value is -2.82. The highest BCUT2D eigenvalue weighted by atomic mass is 16.5. The highest BCUT2D eigenvalue weighted by molar-refractivity contribution is 5.94. The predicted molar refractivity (Wildman–Crippen MR) is 105 cm³/mol. The van der Waals surface area contributed by atoms with Crippen LogP contribution >= 0.6 is 0 Å². The number of hydrogen-bond donors (Lipinski definition) is 1. The van der Waals surface area contributed by atoms with Crippen molar-refractivity contribution in [3.05, 3.63) is 65.2 Å². The Balaban J connectivity index is 1.26. The summed E-state index contributed by atoms with van der Waals surface area (Å²) in [6.07, 6.45) is 4.46. The summed E-state index contributed by atoms with van der Waals surface area (Å²) in [5.74, 6) is 0.873. The van der Waals surface area contributed by atoms with Crippen molar-refractivity contribution in [1.29, 1.82) is 0 Å². The van der Waals surface area contributed by atoms with Gasteiger partial charge in [0.15, 0.2) is 6.10 Å². The summed E-state index contributed by atoms with van der Waals surface area (Å²) in [4.78, 5) is 27.2. The van der Waals surface area contributed by atoms with E-state index in [2.05, 4.69) is 5.32 Å². The number of fused-ring (bicyclic) bond motifs is 1. The monoisotopic (exact) mass is 376 g/mol. The smallest absolute Gasteiger partial charge is 0.264 e. The second kappa shape index (κ2) is 6.97. The number of hydrogen-bond acceptors (Lipinski definition) is 3. The number of carbonyl (C=O) groups is 2. The zero-order chi connectivity index (χ0) is 19.1. The van der Waals surface area contributed by atoms with Crippen LogP contribution in [0.1, 0.15) is 47.2 Å². The molecule has 1 aliphatic heterocycles. The Bertz CT molecular complexity index is 875. The lowest BCUT2D eigenvalue weighted by Gasteiger charge is -2.25. The van der Waals surface area contributed by atoms with Gasteiger partial charge in [0.1, 0.15) is 5.75 Å². The van der Waals surface area contributed by atoms with E-state index in [0.717, 1.165) is 42.6 Å². The van der Waals surface area contributed by atoms with Crippen LogP contribution in [0, 0.1) is 0 Å². The molecule has 1 unspecified atom stereocenters. The Morgan fingerprint density at radius 2 is 1.75 bits per heavy atom. The summed E-state index contributed by atoms with van der Waals surface area (Å²) in [5.41, 5.74) is 2.82. The van der Waals surface area contributed by atoms with Gasteiger partial charge in [0.2, 0.25) is 0 Å². The maximum Gasteiger partial charge on any atom is 0.264 e. The molecule has 0 aromatic heterocycles. The van der Waals surface area contributed by atoms with Crippen molar-refractivity contribution >= 4 is 11.8 Å². The van der Waals surface area contributed by atoms with Crippen LogP contribution in [0.2, 0.25) is 0 Å². The van der Waals surface area contributed by atoms with Gasteiger partial charge in [-0.3, -0.25) is 9.59 Å². The zero-order valence-corrected chi connectivity index (χ0v) is 15.8. The molecule has 2 aliphatic carbocycles. The van der Waals surface area contributed by atoms with Crippen LogP contribution in [0.3, 0.4) is 0 Å². The molecule has 2 fully saturated rings. The maximum atomic E-state index is 13.1. The molecule has 0 spiro atoms. The first-order chi connectivity index (χ1) is 13.7. The van der Waals surface area contributed by atoms with Crippen LogP contribution in [0.25, 0.3) is 0 Å². The van der Waals surface area contributed by atoms with Gasteiger partial charge in [-0.15, -0.1) is 0 Å². The highest BCUT2D eigenvalue weighted by Crippen LogP contribution is 2.33. The molecule has 2 saturated carbocycles. The number of amides is 2. The first-order valence-electron chi connectivity index (χ1n) is 10.1. The van der Waals surface area contributed by atoms with E-state index in [1.54, 1.807) is 0 Å². The molecular weight excluding hydrogens is 352 g/mol. The number of nitrogens with one attached hydrogen (secondary N) is 1. The van der Waals surface area contributed by atoms with E-state index in [-0.39, 0.29) is 11.8 Å². The van der Waals surface area contributed by atoms with Gasteiger partial charge in [-0.25, -0.2) is 0 Å². The van der Waals surface area contributed by atoms with Crippen LogP contribution in [-0.4, -0.2) is 34.9 Å². The summed E-state index contributed by atoms with van der Waals surface area (Å²) >= 11 is 0. The van der Waals surface area contributed by atoms with Gasteiger partial charge >= 0.3 is 0 Å². The van der Waals surface area contributed by atoms with Crippen molar-refractivity contribution in [2.45, 2.75) is 56.8 Å². The molecule has 5 heteroatoms. The molecule has 0 radical (unpaired) electrons. The van der Waals surface area contributed by atoms with E-state index in [1.807, 2.05) is 53.4 Å². The summed E-state index contributed by atoms with van der Waals surface area (Å²) in [5, 5.41) is 3.00. The van der Waals surface area contributed by atoms with Crippen molar-refractivity contribution in [3.8, 4) is 5.75 Å². The zero-order valence-electron chi connectivity index (χ0n) is 15.8. The van der Waals surface area contributed by atoms with E-state index < -0.39 is 6.10 Å². The van der Waals surface area contributed by atoms with Crippen molar-refractivity contribution in [3.63, 3.8) is 0 Å². The van der Waals surface area contributed by atoms with Crippen LogP contribution in [0.15, 0.2) is 48.5 Å². The molecule has 5 nitrogen and oxygen atoms in total. The number of rotatable bonds is 6. The van der Waals surface area contributed by atoms with Crippen LogP contribution in [0.5, 0.6) is 5.75 Å². The van der Waals surface area contributed by atoms with Crippen LogP contribution in [-0.2, 0) is 17.8 Å². The SMILES string of the molecule is O=C(NC1CC1)c1ccc(CN(C(=O)C2Cc3ccccc3O2)C2CC2)cc1. The molecule has 0 saturated heterocycles. The van der Waals surface area contributed by atoms with Crippen LogP contribution < -0.4 is 10.1 Å². The van der Waals surface area contributed by atoms with E-state index in [0.29, 0.717) is 30.6 Å². The Morgan fingerprint density at radius 3 is 2.43 bits per heavy atom. The molecule has 1 atom stereocenters. The van der Waals surface area contributed by atoms with Gasteiger partial charge in [-0.1, -0.05) is 30.3 Å². The third kappa shape index (κ3) is 3.61. The molecule has 5 rings (SSSR count). The molecule has 2 aromatic carbocycles. The second-order valence-corrected chi connectivity index (χ2v) is 8.06. The number of nitrogens with zero attached hydrogens (tertiary/aromatic N) is 1. The molecule has 3 aliphatic rings. The number of carbonyl (C=O) groups excluding carboxylic acids is 2. The molecule has 28 heavy (non-hydrogen) atoms. The quantitative estimate of drug-likeness (QED) is 0.843. The van der Waals surface area contributed by atoms with Crippen molar-refractivity contribution in [2.24, 2.45) is 0 Å². The second-order valence-electron chi connectivity index (χ2n) is 8.06. The Labute approximate surface area is 164 Å². The topological polar surface area (TPSA) is 58.6 Å². The maximum absolute atomic E-state index is 13.1. The lowest BCUT2D eigenvalue weighted by atomic mass is 10.1. The van der Waals surface area contributed by atoms with E-state index in [4.69, 9.17) is 4.74 Å². The molecule has 2 aromatic rings. The third-order valence-electron chi connectivity index (χ3n) is 5.67. The van der Waals surface area contributed by atoms with E-state index in [1.165, 1.54) is 0 Å². The largest absolute Gasteiger partial charge is 0.480 e. The number of ether oxygens (including phenoxy) is 1. The van der Waals surface area contributed by atoms with Gasteiger partial charge < -0.3 is 15.0 Å². The first kappa shape index (κ1) is 17.3. The van der Waals surface area contributed by atoms with Crippen molar-refractivity contribution in [1.82, 2.24) is 10.2 Å². The Kier molecular flexibility index (Phi) is 4.30. The molecule has 2 amide bonds. The van der Waals surface area contributed by atoms with Crippen molar-refractivity contribution in [2.75, 3.05) is 0 Å². The predicted octanol–water partition coefficient (Wildman–Crippen LogP) is 3.07. The average molecular weight is 376 g/mol. The van der Waals surface area contributed by atoms with Gasteiger partial charge in [-0.05, 0) is 55.0 Å². The fourth-order valence-corrected chi connectivity index (χ4v) is 3.73. The lowest BCUT2D eigenvalue weighted by molar-refractivity contribution is -0.139. The van der Waals surface area contributed by atoms with E-state index in [9.17, 15) is 9.59 Å². The summed E-state index contributed by atoms with van der Waals surface area (Å²) in [6, 6.07) is 16.1. The Morgan fingerprint density at radius 1 is 1.00 bits per heavy atom. The van der Waals surface area contributed by atoms with E-state index >= 15 is 0 Å². The average Bonchev–Trinajstić information content (AvgIpc) is 3.64. The molecule has 144 valence electrons. The van der Waals surface area contributed by atoms with Crippen LogP contribution in [0.4, 0.5) is 0 Å². The lowest BCUT2D eigenvalue weighted by Crippen LogP contribution is -2.42. The summed E-state index contributed by atoms with van der Waals surface area (Å²) in [6.45, 7) is 0.560. The number of benzene rings is 2. The minimum Gasteiger partial charge on any atom is -0.480 e. The molecule has 1 N–H and O–H groups in total. The molecule has 1 heterocycles. The van der Waals surface area contributed by atoms with Gasteiger partial charge in [-0.2, -0.15) is 0 Å². The fraction of sp³-hybridized carbons (Fsp3) is 0.391. The van der Waals surface area contributed by atoms with Gasteiger partial charge in [0.25, 0.3) is 11.8 Å². The van der Waals surface area contributed by atoms with Gasteiger partial charge in [0, 0.05) is 30.6 Å². The fourth-order valence-electron chi connectivity index (χ4n) is 3.73. The number of para-hydroxylation sites is 1. The third-order valence-corrected chi connectivity index (χ3v) is 5.67. The molecular formula is C23H24N2O3. The minimum atomic E-state index is -0.429. The molecule has 0 bridgehead atoms. The summed E-state index contributed by atoms with van der Waals surface area (Å²) in [7, 11) is 0. The standard InChI is InChI=1S/C23H24N2O3/c26-22(24-18-9-10-18)16-7-5-15(6-8-16)14-25(19-11-12-19)23(27)21-13-17-3-1-2-4-20(17)28-21/h1-8,18-19,21H,9-14H2,(H,24,26). The van der Waals surface area contributed by atoms with Crippen molar-refractivity contribution < 1.29 is 14.3 Å². The highest BCUT2D eigenvalue weighted by Gasteiger charge is 2.39. The minimum absolute atomic E-state index is 0.0127. The first-order valence-corrected chi connectivity index (χ1v) is 10.1. The normalized spacial score (nSPS) is 20.2. The summed E-state index contributed by atoms with van der Waals surface area (Å²) < 4.78 is 5.91.